The average Bonchev–Trinajstić information content (AvgIpc) is 2.63. The van der Waals surface area contributed by atoms with Crippen LogP contribution in [0, 0.1) is 12.7 Å². The number of nitrogens with one attached hydrogen (secondary N) is 1. The van der Waals surface area contributed by atoms with Crippen LogP contribution in [0.5, 0.6) is 0 Å². The molecule has 26 heavy (non-hydrogen) atoms. The molecule has 1 fully saturated rings. The summed E-state index contributed by atoms with van der Waals surface area (Å²) in [5, 5.41) is 2.97. The Labute approximate surface area is 158 Å². The van der Waals surface area contributed by atoms with Crippen molar-refractivity contribution in [3.05, 3.63) is 53.8 Å². The standard InChI is InChI=1S/C20H24FN3OS/c1-15-13-17(24-11-9-23(2)10-12-24)5-8-19(15)22-20(25)14-26-18-6-3-16(21)4-7-18/h3-8,13H,9-12,14H2,1-2H3,(H,22,25). The number of rotatable bonds is 5. The molecule has 3 rings (SSSR count). The summed E-state index contributed by atoms with van der Waals surface area (Å²) in [6.45, 7) is 6.20. The fourth-order valence-corrected chi connectivity index (χ4v) is 3.61. The highest BCUT2D eigenvalue weighted by Gasteiger charge is 2.15. The van der Waals surface area contributed by atoms with E-state index in [4.69, 9.17) is 0 Å². The summed E-state index contributed by atoms with van der Waals surface area (Å²) in [7, 11) is 2.14. The molecule has 6 heteroatoms. The van der Waals surface area contributed by atoms with Crippen molar-refractivity contribution in [1.82, 2.24) is 4.90 Å². The number of benzene rings is 2. The smallest absolute Gasteiger partial charge is 0.234 e. The number of thioether (sulfide) groups is 1. The van der Waals surface area contributed by atoms with Crippen LogP contribution in [0.25, 0.3) is 0 Å². The second kappa shape index (κ2) is 8.56. The van der Waals surface area contributed by atoms with Crippen LogP contribution in [0.2, 0.25) is 0 Å². The van der Waals surface area contributed by atoms with Crippen LogP contribution in [-0.4, -0.2) is 49.8 Å². The number of anilines is 2. The third kappa shape index (κ3) is 4.99. The van der Waals surface area contributed by atoms with Crippen LogP contribution in [0.1, 0.15) is 5.56 Å². The predicted molar refractivity (Wildman–Crippen MR) is 107 cm³/mol. The average molecular weight is 373 g/mol. The Hall–Kier alpha value is -2.05. The number of hydrogen-bond donors (Lipinski definition) is 1. The van der Waals surface area contributed by atoms with Gasteiger partial charge in [0.15, 0.2) is 0 Å². The predicted octanol–water partition coefficient (Wildman–Crippen LogP) is 3.62. The van der Waals surface area contributed by atoms with Gasteiger partial charge in [-0.3, -0.25) is 4.79 Å². The molecular weight excluding hydrogens is 349 g/mol. The summed E-state index contributed by atoms with van der Waals surface area (Å²) in [6.07, 6.45) is 0. The van der Waals surface area contributed by atoms with E-state index in [2.05, 4.69) is 34.3 Å². The maximum absolute atomic E-state index is 12.9. The Morgan fingerprint density at radius 3 is 2.46 bits per heavy atom. The van der Waals surface area contributed by atoms with E-state index in [0.29, 0.717) is 5.75 Å². The Bertz CT molecular complexity index is 758. The Balaban J connectivity index is 1.55. The van der Waals surface area contributed by atoms with Crippen molar-refractivity contribution in [2.75, 3.05) is 49.2 Å². The Kier molecular flexibility index (Phi) is 6.16. The summed E-state index contributed by atoms with van der Waals surface area (Å²) >= 11 is 1.40. The first-order valence-electron chi connectivity index (χ1n) is 8.73. The quantitative estimate of drug-likeness (QED) is 0.812. The van der Waals surface area contributed by atoms with Crippen molar-refractivity contribution in [3.8, 4) is 0 Å². The second-order valence-corrected chi connectivity index (χ2v) is 7.63. The fourth-order valence-electron chi connectivity index (χ4n) is 2.92. The van der Waals surface area contributed by atoms with E-state index in [0.717, 1.165) is 42.3 Å². The second-order valence-electron chi connectivity index (χ2n) is 6.58. The lowest BCUT2D eigenvalue weighted by molar-refractivity contribution is -0.113. The van der Waals surface area contributed by atoms with Crippen molar-refractivity contribution < 1.29 is 9.18 Å². The summed E-state index contributed by atoms with van der Waals surface area (Å²) in [6, 6.07) is 12.4. The number of carbonyl (C=O) groups excluding carboxylic acids is 1. The molecule has 1 saturated heterocycles. The van der Waals surface area contributed by atoms with Crippen LogP contribution in [0.3, 0.4) is 0 Å². The minimum Gasteiger partial charge on any atom is -0.369 e. The molecule has 2 aromatic rings. The Morgan fingerprint density at radius 1 is 1.12 bits per heavy atom. The summed E-state index contributed by atoms with van der Waals surface area (Å²) < 4.78 is 12.9. The molecule has 0 spiro atoms. The third-order valence-electron chi connectivity index (χ3n) is 4.54. The molecule has 0 aliphatic carbocycles. The lowest BCUT2D eigenvalue weighted by Gasteiger charge is -2.34. The normalized spacial score (nSPS) is 15.1. The molecule has 1 aliphatic heterocycles. The fraction of sp³-hybridized carbons (Fsp3) is 0.350. The van der Waals surface area contributed by atoms with Crippen LogP contribution in [-0.2, 0) is 4.79 Å². The van der Waals surface area contributed by atoms with Gasteiger partial charge in [-0.25, -0.2) is 4.39 Å². The summed E-state index contributed by atoms with van der Waals surface area (Å²) in [5.41, 5.74) is 3.10. The molecule has 0 bridgehead atoms. The first-order valence-corrected chi connectivity index (χ1v) is 9.72. The van der Waals surface area contributed by atoms with Crippen LogP contribution < -0.4 is 10.2 Å². The molecule has 1 heterocycles. The zero-order valence-electron chi connectivity index (χ0n) is 15.2. The minimum absolute atomic E-state index is 0.0604. The highest BCUT2D eigenvalue weighted by molar-refractivity contribution is 8.00. The first-order chi connectivity index (χ1) is 12.5. The van der Waals surface area contributed by atoms with E-state index >= 15 is 0 Å². The Morgan fingerprint density at radius 2 is 1.81 bits per heavy atom. The summed E-state index contributed by atoms with van der Waals surface area (Å²) in [4.78, 5) is 17.8. The molecule has 0 atom stereocenters. The zero-order valence-corrected chi connectivity index (χ0v) is 16.0. The van der Waals surface area contributed by atoms with E-state index in [1.807, 2.05) is 13.0 Å². The van der Waals surface area contributed by atoms with Gasteiger partial charge in [-0.15, -0.1) is 11.8 Å². The maximum Gasteiger partial charge on any atom is 0.234 e. The topological polar surface area (TPSA) is 35.6 Å². The molecule has 4 nitrogen and oxygen atoms in total. The molecule has 1 amide bonds. The zero-order chi connectivity index (χ0) is 18.5. The monoisotopic (exact) mass is 373 g/mol. The van der Waals surface area contributed by atoms with Gasteiger partial charge < -0.3 is 15.1 Å². The number of likely N-dealkylation sites (N-methyl/N-ethyl adjacent to an activating group) is 1. The lowest BCUT2D eigenvalue weighted by atomic mass is 10.1. The largest absolute Gasteiger partial charge is 0.369 e. The van der Waals surface area contributed by atoms with Crippen LogP contribution in [0.4, 0.5) is 15.8 Å². The number of piperazine rings is 1. The molecule has 138 valence electrons. The highest BCUT2D eigenvalue weighted by Crippen LogP contribution is 2.24. The lowest BCUT2D eigenvalue weighted by Crippen LogP contribution is -2.44. The van der Waals surface area contributed by atoms with Gasteiger partial charge in [-0.1, -0.05) is 0 Å². The van der Waals surface area contributed by atoms with Crippen LogP contribution >= 0.6 is 11.8 Å². The molecule has 0 radical (unpaired) electrons. The van der Waals surface area contributed by atoms with E-state index < -0.39 is 0 Å². The van der Waals surface area contributed by atoms with Gasteiger partial charge >= 0.3 is 0 Å². The number of hydrogen-bond acceptors (Lipinski definition) is 4. The van der Waals surface area contributed by atoms with Crippen molar-refractivity contribution in [2.24, 2.45) is 0 Å². The van der Waals surface area contributed by atoms with Crippen molar-refractivity contribution in [1.29, 1.82) is 0 Å². The SMILES string of the molecule is Cc1cc(N2CCN(C)CC2)ccc1NC(=O)CSc1ccc(F)cc1. The molecule has 0 unspecified atom stereocenters. The number of amides is 1. The van der Waals surface area contributed by atoms with Gasteiger partial charge in [-0.2, -0.15) is 0 Å². The summed E-state index contributed by atoms with van der Waals surface area (Å²) in [5.74, 6) is -0.0321. The van der Waals surface area contributed by atoms with Gasteiger partial charge in [0.2, 0.25) is 5.91 Å². The molecule has 0 aromatic heterocycles. The molecule has 1 N–H and O–H groups in total. The minimum atomic E-state index is -0.269. The highest BCUT2D eigenvalue weighted by atomic mass is 32.2. The molecule has 1 aliphatic rings. The number of aryl methyl sites for hydroxylation is 1. The van der Waals surface area contributed by atoms with Gasteiger partial charge in [0.25, 0.3) is 0 Å². The van der Waals surface area contributed by atoms with Crippen molar-refractivity contribution in [2.45, 2.75) is 11.8 Å². The first kappa shape index (κ1) is 18.7. The van der Waals surface area contributed by atoms with E-state index in [-0.39, 0.29) is 11.7 Å². The van der Waals surface area contributed by atoms with E-state index in [9.17, 15) is 9.18 Å². The molecule has 2 aromatic carbocycles. The van der Waals surface area contributed by atoms with Crippen LogP contribution in [0.15, 0.2) is 47.4 Å². The number of carbonyl (C=O) groups is 1. The third-order valence-corrected chi connectivity index (χ3v) is 5.55. The van der Waals surface area contributed by atoms with E-state index in [1.165, 1.54) is 29.6 Å². The van der Waals surface area contributed by atoms with Crippen molar-refractivity contribution >= 4 is 29.0 Å². The maximum atomic E-state index is 12.9. The van der Waals surface area contributed by atoms with Gasteiger partial charge in [0, 0.05) is 42.4 Å². The van der Waals surface area contributed by atoms with Gasteiger partial charge in [0.05, 0.1) is 5.75 Å². The van der Waals surface area contributed by atoms with Gasteiger partial charge in [-0.05, 0) is 62.0 Å². The molecule has 0 saturated carbocycles. The van der Waals surface area contributed by atoms with Gasteiger partial charge in [0.1, 0.15) is 5.82 Å². The molecular formula is C20H24FN3OS. The number of nitrogens with zero attached hydrogens (tertiary/aromatic N) is 2. The van der Waals surface area contributed by atoms with E-state index in [1.54, 1.807) is 12.1 Å². The number of halogens is 1. The van der Waals surface area contributed by atoms with Crippen molar-refractivity contribution in [3.63, 3.8) is 0 Å².